The molecule has 274 valence electrons. The second-order valence-corrected chi connectivity index (χ2v) is 12.9. The number of benzene rings is 5. The van der Waals surface area contributed by atoms with Gasteiger partial charge in [0.15, 0.2) is 17.5 Å². The number of nitrogens with one attached hydrogen (secondary N) is 1. The molecule has 3 unspecified atom stereocenters. The van der Waals surface area contributed by atoms with Gasteiger partial charge >= 0.3 is 6.09 Å². The van der Waals surface area contributed by atoms with Gasteiger partial charge < -0.3 is 19.3 Å². The Kier molecular flexibility index (Phi) is 9.84. The highest BCUT2D eigenvalue weighted by atomic mass is 16.7. The molecule has 1 fully saturated rings. The standard InChI is InChI=1S/C43H36N6O6/c1-29(50)45-41-46-38-37(39(47-41)54-42(52)49(33-23-13-5-14-24-33)34-25-15-6-16-26-34)44-28-48(38)36-27-35(51)40(53-36)55-43(30-17-7-2-8-18-30,31-19-9-3-10-20-31)32-21-11-4-12-22-32/h2-26,28,35-36,40,51H,27H2,1H3,(H,45,46,47,50). The Balaban J connectivity index is 1.15. The summed E-state index contributed by atoms with van der Waals surface area (Å²) < 4.78 is 21.1. The molecular formula is C43H36N6O6. The van der Waals surface area contributed by atoms with Gasteiger partial charge in [-0.3, -0.25) is 14.7 Å². The zero-order valence-corrected chi connectivity index (χ0v) is 29.7. The Morgan fingerprint density at radius 3 is 1.75 bits per heavy atom. The summed E-state index contributed by atoms with van der Waals surface area (Å²) in [6.45, 7) is 1.32. The smallest absolute Gasteiger partial charge is 0.388 e. The minimum Gasteiger partial charge on any atom is -0.388 e. The molecule has 7 aromatic rings. The van der Waals surface area contributed by atoms with Crippen molar-refractivity contribution in [3.8, 4) is 5.88 Å². The third kappa shape index (κ3) is 7.04. The van der Waals surface area contributed by atoms with Crippen LogP contribution in [0.15, 0.2) is 158 Å². The quantitative estimate of drug-likeness (QED) is 0.135. The van der Waals surface area contributed by atoms with Gasteiger partial charge in [-0.25, -0.2) is 14.7 Å². The number of fused-ring (bicyclic) bond motifs is 1. The van der Waals surface area contributed by atoms with E-state index in [4.69, 9.17) is 14.2 Å². The number of ether oxygens (including phenoxy) is 3. The molecule has 12 heteroatoms. The summed E-state index contributed by atoms with van der Waals surface area (Å²) in [6.07, 6.45) is -2.19. The predicted molar refractivity (Wildman–Crippen MR) is 206 cm³/mol. The zero-order valence-electron chi connectivity index (χ0n) is 29.7. The molecule has 0 saturated carbocycles. The van der Waals surface area contributed by atoms with Crippen molar-refractivity contribution in [2.75, 3.05) is 10.2 Å². The fourth-order valence-electron chi connectivity index (χ4n) is 6.83. The molecule has 1 aliphatic rings. The molecule has 12 nitrogen and oxygen atoms in total. The first-order valence-corrected chi connectivity index (χ1v) is 17.7. The third-order valence-corrected chi connectivity index (χ3v) is 9.27. The van der Waals surface area contributed by atoms with Gasteiger partial charge in [0, 0.05) is 13.3 Å². The van der Waals surface area contributed by atoms with Gasteiger partial charge in [-0.05, 0) is 41.0 Å². The largest absolute Gasteiger partial charge is 0.425 e. The molecule has 2 amide bonds. The minimum atomic E-state index is -1.16. The Hall–Kier alpha value is -6.73. The molecule has 5 aromatic carbocycles. The molecule has 2 aromatic heterocycles. The monoisotopic (exact) mass is 732 g/mol. The molecule has 8 rings (SSSR count). The maximum atomic E-state index is 14.0. The van der Waals surface area contributed by atoms with E-state index >= 15 is 0 Å². The van der Waals surface area contributed by atoms with Crippen LogP contribution >= 0.6 is 0 Å². The van der Waals surface area contributed by atoms with Gasteiger partial charge in [-0.15, -0.1) is 0 Å². The fraction of sp³-hybridized carbons (Fsp3) is 0.140. The van der Waals surface area contributed by atoms with E-state index in [0.29, 0.717) is 11.4 Å². The van der Waals surface area contributed by atoms with Crippen LogP contribution < -0.4 is 15.0 Å². The minimum absolute atomic E-state index is 0.106. The van der Waals surface area contributed by atoms with Crippen molar-refractivity contribution in [3.05, 3.63) is 175 Å². The summed E-state index contributed by atoms with van der Waals surface area (Å²) in [7, 11) is 0. The third-order valence-electron chi connectivity index (χ3n) is 9.27. The van der Waals surface area contributed by atoms with Gasteiger partial charge in [0.1, 0.15) is 17.9 Å². The lowest BCUT2D eigenvalue weighted by molar-refractivity contribution is -0.216. The predicted octanol–water partition coefficient (Wildman–Crippen LogP) is 7.74. The number of hydrogen-bond acceptors (Lipinski definition) is 9. The highest BCUT2D eigenvalue weighted by Gasteiger charge is 2.46. The van der Waals surface area contributed by atoms with E-state index in [1.807, 2.05) is 127 Å². The highest BCUT2D eigenvalue weighted by molar-refractivity contribution is 5.98. The number of rotatable bonds is 10. The Morgan fingerprint density at radius 1 is 0.764 bits per heavy atom. The number of carbonyl (C=O) groups excluding carboxylic acids is 2. The number of aromatic nitrogens is 4. The molecule has 1 aliphatic heterocycles. The Bertz CT molecular complexity index is 2260. The Labute approximate surface area is 316 Å². The summed E-state index contributed by atoms with van der Waals surface area (Å²) in [5.41, 5.74) is 2.84. The molecule has 1 saturated heterocycles. The summed E-state index contributed by atoms with van der Waals surface area (Å²) in [5.74, 6) is -0.729. The van der Waals surface area contributed by atoms with Crippen molar-refractivity contribution >= 4 is 40.5 Å². The molecular weight excluding hydrogens is 697 g/mol. The van der Waals surface area contributed by atoms with Crippen molar-refractivity contribution in [2.24, 2.45) is 0 Å². The van der Waals surface area contributed by atoms with Crippen LogP contribution in [0.25, 0.3) is 11.2 Å². The van der Waals surface area contributed by atoms with Crippen molar-refractivity contribution < 1.29 is 28.9 Å². The summed E-state index contributed by atoms with van der Waals surface area (Å²) in [4.78, 5) is 41.0. The topological polar surface area (TPSA) is 141 Å². The van der Waals surface area contributed by atoms with Gasteiger partial charge in [0.2, 0.25) is 11.9 Å². The number of carbonyl (C=O) groups is 2. The van der Waals surface area contributed by atoms with Crippen LogP contribution in [-0.2, 0) is 19.9 Å². The van der Waals surface area contributed by atoms with E-state index in [1.54, 1.807) is 28.8 Å². The van der Waals surface area contributed by atoms with Gasteiger partial charge in [0.05, 0.1) is 17.7 Å². The van der Waals surface area contributed by atoms with Crippen molar-refractivity contribution in [3.63, 3.8) is 0 Å². The van der Waals surface area contributed by atoms with Crippen LogP contribution in [0.4, 0.5) is 22.1 Å². The van der Waals surface area contributed by atoms with Crippen LogP contribution in [0.5, 0.6) is 5.88 Å². The number of amides is 2. The maximum absolute atomic E-state index is 14.0. The van der Waals surface area contributed by atoms with Gasteiger partial charge in [-0.2, -0.15) is 9.97 Å². The average molecular weight is 733 g/mol. The van der Waals surface area contributed by atoms with E-state index in [2.05, 4.69) is 20.3 Å². The van der Waals surface area contributed by atoms with Crippen LogP contribution in [0.1, 0.15) is 36.3 Å². The number of para-hydroxylation sites is 2. The van der Waals surface area contributed by atoms with E-state index in [0.717, 1.165) is 16.7 Å². The molecule has 0 bridgehead atoms. The second kappa shape index (κ2) is 15.3. The second-order valence-electron chi connectivity index (χ2n) is 12.9. The molecule has 3 heterocycles. The number of hydrogen-bond donors (Lipinski definition) is 2. The van der Waals surface area contributed by atoms with Crippen LogP contribution in [0.3, 0.4) is 0 Å². The van der Waals surface area contributed by atoms with E-state index < -0.39 is 36.2 Å². The SMILES string of the molecule is CC(=O)Nc1nc(OC(=O)N(c2ccccc2)c2ccccc2)c2ncn(C3CC(O)C(OC(c4ccccc4)(c4ccccc4)c4ccccc4)O3)c2n1. The molecule has 55 heavy (non-hydrogen) atoms. The number of aliphatic hydroxyl groups is 1. The van der Waals surface area contributed by atoms with Crippen LogP contribution in [-0.4, -0.2) is 49.0 Å². The number of aliphatic hydroxyl groups excluding tert-OH is 1. The maximum Gasteiger partial charge on any atom is 0.425 e. The normalized spacial score (nSPS) is 16.8. The van der Waals surface area contributed by atoms with E-state index in [9.17, 15) is 14.7 Å². The fourth-order valence-corrected chi connectivity index (χ4v) is 6.83. The first-order valence-electron chi connectivity index (χ1n) is 17.7. The lowest BCUT2D eigenvalue weighted by Crippen LogP contribution is -2.40. The molecule has 0 radical (unpaired) electrons. The molecule has 3 atom stereocenters. The van der Waals surface area contributed by atoms with E-state index in [-0.39, 0.29) is 29.4 Å². The summed E-state index contributed by atoms with van der Waals surface area (Å²) in [5, 5.41) is 14.2. The number of anilines is 3. The lowest BCUT2D eigenvalue weighted by Gasteiger charge is -2.38. The zero-order chi connectivity index (χ0) is 37.8. The van der Waals surface area contributed by atoms with Crippen molar-refractivity contribution in [2.45, 2.75) is 37.6 Å². The van der Waals surface area contributed by atoms with Crippen molar-refractivity contribution in [1.29, 1.82) is 0 Å². The van der Waals surface area contributed by atoms with Crippen molar-refractivity contribution in [1.82, 2.24) is 19.5 Å². The van der Waals surface area contributed by atoms with Gasteiger partial charge in [0.25, 0.3) is 5.88 Å². The average Bonchev–Trinajstić information content (AvgIpc) is 3.81. The number of imidazole rings is 1. The molecule has 0 spiro atoms. The Morgan fingerprint density at radius 2 is 1.25 bits per heavy atom. The van der Waals surface area contributed by atoms with Crippen LogP contribution in [0.2, 0.25) is 0 Å². The summed E-state index contributed by atoms with van der Waals surface area (Å²) >= 11 is 0. The first-order chi connectivity index (χ1) is 26.9. The lowest BCUT2D eigenvalue weighted by atomic mass is 9.80. The highest BCUT2D eigenvalue weighted by Crippen LogP contribution is 2.44. The summed E-state index contributed by atoms with van der Waals surface area (Å²) in [6, 6.07) is 47.5. The van der Waals surface area contributed by atoms with Gasteiger partial charge in [-0.1, -0.05) is 127 Å². The molecule has 0 aliphatic carbocycles. The van der Waals surface area contributed by atoms with E-state index in [1.165, 1.54) is 18.2 Å². The molecule has 2 N–H and O–H groups in total. The van der Waals surface area contributed by atoms with Crippen LogP contribution in [0, 0.1) is 0 Å². The number of nitrogens with zero attached hydrogens (tertiary/aromatic N) is 5. The first kappa shape index (κ1) is 35.3.